The Labute approximate surface area is 194 Å². The molecule has 8 heteroatoms. The fraction of sp³-hybridized carbons (Fsp3) is 0.600. The molecule has 3 heterocycles. The molecule has 1 saturated heterocycles. The summed E-state index contributed by atoms with van der Waals surface area (Å²) < 4.78 is 7.86. The molecule has 1 saturated carbocycles. The molecule has 0 spiro atoms. The number of ether oxygens (including phenoxy) is 1. The number of fused-ring (bicyclic) bond motifs is 1. The number of hydrogen-bond acceptors (Lipinski definition) is 5. The number of nitrogens with one attached hydrogen (secondary N) is 1. The van der Waals surface area contributed by atoms with E-state index in [0.29, 0.717) is 50.8 Å². The van der Waals surface area contributed by atoms with Gasteiger partial charge < -0.3 is 15.0 Å². The normalized spacial score (nSPS) is 22.1. The lowest BCUT2D eigenvalue weighted by Gasteiger charge is -2.32. The van der Waals surface area contributed by atoms with Gasteiger partial charge in [0.1, 0.15) is 6.10 Å². The molecule has 0 bridgehead atoms. The van der Waals surface area contributed by atoms with Crippen LogP contribution in [0, 0.1) is 12.8 Å². The number of carbonyl (C=O) groups is 2. The highest BCUT2D eigenvalue weighted by atomic mass is 16.5. The monoisotopic (exact) mass is 451 g/mol. The zero-order valence-electron chi connectivity index (χ0n) is 19.3. The van der Waals surface area contributed by atoms with Crippen molar-refractivity contribution in [3.8, 4) is 0 Å². The van der Waals surface area contributed by atoms with Gasteiger partial charge >= 0.3 is 0 Å². The Balaban J connectivity index is 1.17. The average Bonchev–Trinajstić information content (AvgIpc) is 3.28. The molecular formula is C25H33N5O3. The lowest BCUT2D eigenvalue weighted by molar-refractivity contribution is -0.127. The van der Waals surface area contributed by atoms with Crippen LogP contribution in [0.2, 0.25) is 0 Å². The van der Waals surface area contributed by atoms with Gasteiger partial charge in [0.25, 0.3) is 5.91 Å². The van der Waals surface area contributed by atoms with Crippen molar-refractivity contribution in [1.82, 2.24) is 25.2 Å². The van der Waals surface area contributed by atoms with E-state index in [1.54, 1.807) is 9.58 Å². The number of carbonyl (C=O) groups excluding carboxylic acids is 2. The van der Waals surface area contributed by atoms with Crippen molar-refractivity contribution in [2.45, 2.75) is 77.2 Å². The van der Waals surface area contributed by atoms with Gasteiger partial charge in [0, 0.05) is 25.0 Å². The minimum absolute atomic E-state index is 0.0105. The highest BCUT2D eigenvalue weighted by molar-refractivity contribution is 5.93. The van der Waals surface area contributed by atoms with Crippen LogP contribution in [0.25, 0.3) is 0 Å². The first-order chi connectivity index (χ1) is 16.1. The summed E-state index contributed by atoms with van der Waals surface area (Å²) in [6.07, 6.45) is 7.16. The first-order valence-corrected chi connectivity index (χ1v) is 12.3. The largest absolute Gasteiger partial charge is 0.365 e. The number of amides is 2. The molecule has 3 aliphatic rings. The van der Waals surface area contributed by atoms with E-state index in [2.05, 4.69) is 46.8 Å². The van der Waals surface area contributed by atoms with E-state index in [1.807, 2.05) is 0 Å². The van der Waals surface area contributed by atoms with Crippen molar-refractivity contribution in [2.75, 3.05) is 13.1 Å². The summed E-state index contributed by atoms with van der Waals surface area (Å²) in [6, 6.07) is 8.62. The van der Waals surface area contributed by atoms with Crippen LogP contribution in [0.3, 0.4) is 0 Å². The predicted octanol–water partition coefficient (Wildman–Crippen LogP) is 3.16. The number of benzene rings is 1. The van der Waals surface area contributed by atoms with E-state index in [0.717, 1.165) is 24.1 Å². The second-order valence-corrected chi connectivity index (χ2v) is 9.69. The molecule has 1 N–H and O–H groups in total. The molecule has 33 heavy (non-hydrogen) atoms. The van der Waals surface area contributed by atoms with E-state index in [-0.39, 0.29) is 23.8 Å². The number of hydrogen-bond donors (Lipinski definition) is 1. The molecular weight excluding hydrogens is 418 g/mol. The van der Waals surface area contributed by atoms with Gasteiger partial charge in [0.2, 0.25) is 5.91 Å². The Morgan fingerprint density at radius 2 is 1.76 bits per heavy atom. The Morgan fingerprint density at radius 1 is 1.03 bits per heavy atom. The predicted molar refractivity (Wildman–Crippen MR) is 122 cm³/mol. The van der Waals surface area contributed by atoms with Crippen molar-refractivity contribution in [3.63, 3.8) is 0 Å². The third-order valence-electron chi connectivity index (χ3n) is 7.35. The lowest BCUT2D eigenvalue weighted by Crippen LogP contribution is -2.46. The number of aromatic nitrogens is 3. The zero-order valence-corrected chi connectivity index (χ0v) is 19.3. The van der Waals surface area contributed by atoms with Gasteiger partial charge in [-0.1, -0.05) is 54.3 Å². The van der Waals surface area contributed by atoms with Crippen LogP contribution >= 0.6 is 0 Å². The van der Waals surface area contributed by atoms with Gasteiger partial charge in [0.15, 0.2) is 5.69 Å². The Kier molecular flexibility index (Phi) is 6.44. The zero-order chi connectivity index (χ0) is 22.8. The molecule has 2 fully saturated rings. The van der Waals surface area contributed by atoms with Crippen LogP contribution in [-0.2, 0) is 22.7 Å². The number of piperidine rings is 1. The van der Waals surface area contributed by atoms with Crippen molar-refractivity contribution >= 4 is 11.8 Å². The van der Waals surface area contributed by atoms with Crippen molar-refractivity contribution in [2.24, 2.45) is 5.92 Å². The Morgan fingerprint density at radius 3 is 2.48 bits per heavy atom. The molecule has 1 aromatic heterocycles. The van der Waals surface area contributed by atoms with Crippen LogP contribution in [0.15, 0.2) is 24.3 Å². The summed E-state index contributed by atoms with van der Waals surface area (Å²) in [5, 5.41) is 11.7. The van der Waals surface area contributed by atoms with Gasteiger partial charge in [0.05, 0.1) is 18.8 Å². The third kappa shape index (κ3) is 4.81. The molecule has 1 aromatic carbocycles. The van der Waals surface area contributed by atoms with E-state index in [4.69, 9.17) is 4.74 Å². The second-order valence-electron chi connectivity index (χ2n) is 9.69. The highest BCUT2D eigenvalue weighted by Gasteiger charge is 2.33. The maximum Gasteiger partial charge on any atom is 0.276 e. The smallest absolute Gasteiger partial charge is 0.276 e. The van der Waals surface area contributed by atoms with Crippen molar-refractivity contribution in [1.29, 1.82) is 0 Å². The summed E-state index contributed by atoms with van der Waals surface area (Å²) in [6.45, 7) is 4.06. The maximum atomic E-state index is 13.2. The van der Waals surface area contributed by atoms with E-state index in [9.17, 15) is 9.59 Å². The third-order valence-corrected chi connectivity index (χ3v) is 7.35. The summed E-state index contributed by atoms with van der Waals surface area (Å²) in [7, 11) is 0. The SMILES string of the molecule is Cc1ccc([C@H]2Cn3nnc(C(=O)N4CCC(C(=O)NC5CCCCC5)CC4)c3CO2)cc1. The van der Waals surface area contributed by atoms with Crippen LogP contribution in [-0.4, -0.2) is 50.8 Å². The average molecular weight is 452 g/mol. The summed E-state index contributed by atoms with van der Waals surface area (Å²) in [5.74, 6) is 0.0361. The molecule has 1 aliphatic carbocycles. The minimum atomic E-state index is -0.111. The maximum absolute atomic E-state index is 13.2. The van der Waals surface area contributed by atoms with Crippen LogP contribution < -0.4 is 5.32 Å². The van der Waals surface area contributed by atoms with Gasteiger partial charge in [-0.2, -0.15) is 0 Å². The number of aryl methyl sites for hydroxylation is 1. The molecule has 176 valence electrons. The van der Waals surface area contributed by atoms with Gasteiger partial charge in [-0.05, 0) is 38.2 Å². The summed E-state index contributed by atoms with van der Waals surface area (Å²) >= 11 is 0. The van der Waals surface area contributed by atoms with Crippen LogP contribution in [0.4, 0.5) is 0 Å². The Bertz CT molecular complexity index is 988. The van der Waals surface area contributed by atoms with Gasteiger partial charge in [-0.25, -0.2) is 4.68 Å². The van der Waals surface area contributed by atoms with E-state index in [1.165, 1.54) is 24.8 Å². The first kappa shape index (κ1) is 22.1. The minimum Gasteiger partial charge on any atom is -0.365 e. The van der Waals surface area contributed by atoms with Crippen LogP contribution in [0.1, 0.15) is 78.4 Å². The molecule has 1 atom stereocenters. The molecule has 2 amide bonds. The van der Waals surface area contributed by atoms with Gasteiger partial charge in [-0.15, -0.1) is 5.10 Å². The molecule has 2 aliphatic heterocycles. The standard InChI is InChI=1S/C25H33N5O3/c1-17-7-9-18(10-8-17)22-15-30-21(16-33-22)23(27-28-30)25(32)29-13-11-19(12-14-29)24(31)26-20-5-3-2-4-6-20/h7-10,19-20,22H,2-6,11-16H2,1H3,(H,26,31)/t22-/m1/s1. The molecule has 8 nitrogen and oxygen atoms in total. The quantitative estimate of drug-likeness (QED) is 0.771. The van der Waals surface area contributed by atoms with Crippen molar-refractivity contribution in [3.05, 3.63) is 46.8 Å². The lowest BCUT2D eigenvalue weighted by atomic mass is 9.92. The van der Waals surface area contributed by atoms with Crippen molar-refractivity contribution < 1.29 is 14.3 Å². The fourth-order valence-electron chi connectivity index (χ4n) is 5.22. The fourth-order valence-corrected chi connectivity index (χ4v) is 5.22. The molecule has 0 radical (unpaired) electrons. The summed E-state index contributed by atoms with van der Waals surface area (Å²) in [4.78, 5) is 27.6. The van der Waals surface area contributed by atoms with E-state index >= 15 is 0 Å². The summed E-state index contributed by atoms with van der Waals surface area (Å²) in [5.41, 5.74) is 3.42. The van der Waals surface area contributed by atoms with Gasteiger partial charge in [-0.3, -0.25) is 9.59 Å². The van der Waals surface area contributed by atoms with E-state index < -0.39 is 0 Å². The molecule has 2 aromatic rings. The van der Waals surface area contributed by atoms with Crippen LogP contribution in [0.5, 0.6) is 0 Å². The number of nitrogens with zero attached hydrogens (tertiary/aromatic N) is 4. The molecule has 5 rings (SSSR count). The second kappa shape index (κ2) is 9.63. The topological polar surface area (TPSA) is 89.4 Å². The highest BCUT2D eigenvalue weighted by Crippen LogP contribution is 2.28. The number of rotatable bonds is 4. The molecule has 0 unspecified atom stereocenters. The first-order valence-electron chi connectivity index (χ1n) is 12.3. The Hall–Kier alpha value is -2.74. The number of likely N-dealkylation sites (tertiary alicyclic amines) is 1.